The number of hydrogen-bond donors (Lipinski definition) is 0. The van der Waals surface area contributed by atoms with E-state index in [1.165, 1.54) is 10.8 Å². The molecule has 0 aliphatic rings. The van der Waals surface area contributed by atoms with E-state index in [1.54, 1.807) is 0 Å². The second-order valence-corrected chi connectivity index (χ2v) is 13.1. The Labute approximate surface area is 297 Å². The number of nitrogens with zero attached hydrogens (tertiary/aromatic N) is 2. The van der Waals surface area contributed by atoms with E-state index in [2.05, 4.69) is 126 Å². The lowest BCUT2D eigenvalue weighted by Gasteiger charge is -2.25. The minimum atomic E-state index is 0.573. The molecule has 11 rings (SSSR count). The van der Waals surface area contributed by atoms with E-state index in [-0.39, 0.29) is 0 Å². The summed E-state index contributed by atoms with van der Waals surface area (Å²) in [5, 5.41) is 6.56. The number of hydrogen-bond acceptors (Lipinski definition) is 5. The van der Waals surface area contributed by atoms with Gasteiger partial charge in [0.25, 0.3) is 0 Å². The van der Waals surface area contributed by atoms with Crippen molar-refractivity contribution >= 4 is 82.8 Å². The van der Waals surface area contributed by atoms with Crippen molar-refractivity contribution < 1.29 is 13.3 Å². The Balaban J connectivity index is 1.10. The molecule has 8 aromatic carbocycles. The van der Waals surface area contributed by atoms with Crippen LogP contribution in [0.2, 0.25) is 0 Å². The van der Waals surface area contributed by atoms with Crippen LogP contribution in [0.15, 0.2) is 183 Å². The number of anilines is 3. The molecule has 3 aromatic heterocycles. The van der Waals surface area contributed by atoms with Crippen LogP contribution in [0.4, 0.5) is 17.1 Å². The van der Waals surface area contributed by atoms with Gasteiger partial charge in [0.2, 0.25) is 5.89 Å². The predicted octanol–water partition coefficient (Wildman–Crippen LogP) is 13.6. The molecule has 11 aromatic rings. The van der Waals surface area contributed by atoms with Gasteiger partial charge in [0.1, 0.15) is 22.3 Å². The Morgan fingerprint density at radius 2 is 1.15 bits per heavy atom. The molecule has 0 spiro atoms. The maximum Gasteiger partial charge on any atom is 0.228 e. The highest BCUT2D eigenvalue weighted by molar-refractivity contribution is 6.17. The normalized spacial score (nSPS) is 11.8. The minimum Gasteiger partial charge on any atom is -0.456 e. The van der Waals surface area contributed by atoms with Gasteiger partial charge in [-0.15, -0.1) is 0 Å². The molecule has 5 nitrogen and oxygen atoms in total. The molecule has 0 bridgehead atoms. The fourth-order valence-corrected chi connectivity index (χ4v) is 7.73. The number of furan rings is 2. The van der Waals surface area contributed by atoms with Crippen LogP contribution in [0, 0.1) is 0 Å². The first-order valence-electron chi connectivity index (χ1n) is 17.4. The molecule has 0 radical (unpaired) electrons. The third kappa shape index (κ3) is 4.39. The van der Waals surface area contributed by atoms with Crippen molar-refractivity contribution in [2.24, 2.45) is 0 Å². The van der Waals surface area contributed by atoms with Crippen molar-refractivity contribution in [2.75, 3.05) is 4.90 Å². The average molecular weight is 669 g/mol. The average Bonchev–Trinajstić information content (AvgIpc) is 3.92. The van der Waals surface area contributed by atoms with Gasteiger partial charge in [-0.25, -0.2) is 4.98 Å². The quantitative estimate of drug-likeness (QED) is 0.183. The fraction of sp³-hybridized carbons (Fsp3) is 0. The van der Waals surface area contributed by atoms with Crippen LogP contribution in [0.3, 0.4) is 0 Å². The molecule has 244 valence electrons. The zero-order valence-electron chi connectivity index (χ0n) is 27.8. The molecule has 0 N–H and O–H groups in total. The van der Waals surface area contributed by atoms with E-state index in [0.717, 1.165) is 88.7 Å². The smallest absolute Gasteiger partial charge is 0.228 e. The van der Waals surface area contributed by atoms with Crippen LogP contribution in [0.25, 0.3) is 88.3 Å². The molecule has 52 heavy (non-hydrogen) atoms. The highest BCUT2D eigenvalue weighted by Gasteiger charge is 2.23. The van der Waals surface area contributed by atoms with Gasteiger partial charge in [-0.05, 0) is 88.6 Å². The summed E-state index contributed by atoms with van der Waals surface area (Å²) >= 11 is 0. The molecule has 0 fully saturated rings. The van der Waals surface area contributed by atoms with E-state index in [9.17, 15) is 0 Å². The van der Waals surface area contributed by atoms with E-state index in [1.807, 2.05) is 48.5 Å². The number of para-hydroxylation sites is 4. The Morgan fingerprint density at radius 3 is 2.04 bits per heavy atom. The maximum absolute atomic E-state index is 6.80. The Hall–Kier alpha value is -7.11. The summed E-state index contributed by atoms with van der Waals surface area (Å²) in [4.78, 5) is 7.05. The van der Waals surface area contributed by atoms with Crippen LogP contribution in [0.5, 0.6) is 0 Å². The SMILES string of the molecule is c1ccc(N(c2ccc3c(c2)oc2cccc(-c4nc5ccccc5o4)c23)c2cccc3c2oc2cccc(-c4ccc5ccccc5c4)c23)cc1. The Bertz CT molecular complexity index is 3120. The summed E-state index contributed by atoms with van der Waals surface area (Å²) in [6.45, 7) is 0. The highest BCUT2D eigenvalue weighted by atomic mass is 16.4. The summed E-state index contributed by atoms with van der Waals surface area (Å²) < 4.78 is 19.6. The molecule has 0 aliphatic heterocycles. The second kappa shape index (κ2) is 11.2. The van der Waals surface area contributed by atoms with Crippen LogP contribution in [0.1, 0.15) is 0 Å². The summed E-state index contributed by atoms with van der Waals surface area (Å²) in [6.07, 6.45) is 0. The lowest BCUT2D eigenvalue weighted by molar-refractivity contribution is 0.620. The van der Waals surface area contributed by atoms with Crippen LogP contribution >= 0.6 is 0 Å². The van der Waals surface area contributed by atoms with Crippen molar-refractivity contribution in [1.29, 1.82) is 0 Å². The number of benzene rings is 8. The van der Waals surface area contributed by atoms with Crippen LogP contribution in [-0.4, -0.2) is 4.98 Å². The minimum absolute atomic E-state index is 0.573. The largest absolute Gasteiger partial charge is 0.456 e. The summed E-state index contributed by atoms with van der Waals surface area (Å²) in [7, 11) is 0. The van der Waals surface area contributed by atoms with Gasteiger partial charge in [0.05, 0.1) is 11.4 Å². The van der Waals surface area contributed by atoms with Crippen LogP contribution in [-0.2, 0) is 0 Å². The van der Waals surface area contributed by atoms with E-state index < -0.39 is 0 Å². The number of fused-ring (bicyclic) bond motifs is 8. The van der Waals surface area contributed by atoms with Gasteiger partial charge in [-0.1, -0.05) is 97.1 Å². The van der Waals surface area contributed by atoms with Gasteiger partial charge in [-0.2, -0.15) is 0 Å². The molecule has 0 aliphatic carbocycles. The van der Waals surface area contributed by atoms with Crippen molar-refractivity contribution in [3.63, 3.8) is 0 Å². The fourth-order valence-electron chi connectivity index (χ4n) is 7.73. The summed E-state index contributed by atoms with van der Waals surface area (Å²) in [5.74, 6) is 0.573. The molecular formula is C47H28N2O3. The Kier molecular flexibility index (Phi) is 6.18. The first-order valence-corrected chi connectivity index (χ1v) is 17.4. The lowest BCUT2D eigenvalue weighted by Crippen LogP contribution is -2.10. The lowest BCUT2D eigenvalue weighted by atomic mass is 9.97. The molecule has 0 amide bonds. The van der Waals surface area contributed by atoms with Crippen molar-refractivity contribution in [2.45, 2.75) is 0 Å². The molecule has 0 saturated carbocycles. The highest BCUT2D eigenvalue weighted by Crippen LogP contribution is 2.46. The van der Waals surface area contributed by atoms with Crippen molar-refractivity contribution in [1.82, 2.24) is 4.98 Å². The maximum atomic E-state index is 6.80. The van der Waals surface area contributed by atoms with Gasteiger partial charge in [-0.3, -0.25) is 0 Å². The van der Waals surface area contributed by atoms with E-state index in [0.29, 0.717) is 5.89 Å². The first kappa shape index (κ1) is 28.7. The Morgan fingerprint density at radius 1 is 0.423 bits per heavy atom. The predicted molar refractivity (Wildman–Crippen MR) is 212 cm³/mol. The first-order chi connectivity index (χ1) is 25.8. The number of oxazole rings is 1. The van der Waals surface area contributed by atoms with Gasteiger partial charge in [0, 0.05) is 38.9 Å². The number of rotatable bonds is 5. The van der Waals surface area contributed by atoms with Gasteiger partial charge in [0.15, 0.2) is 11.2 Å². The number of aromatic nitrogens is 1. The standard InChI is InChI=1S/C47H28N2O3/c1-2-13-32(14-3-1)49(33-25-26-35-43(28-33)50-41-21-10-17-37(45(35)41)47-48-38-18-6-7-20-40(38)52-47)39-19-8-16-36-44-34(15-9-22-42(44)51-46(36)39)31-24-23-29-11-4-5-12-30(29)27-31/h1-28H. The molecule has 0 saturated heterocycles. The summed E-state index contributed by atoms with van der Waals surface area (Å²) in [6, 6.07) is 58.5. The molecular weight excluding hydrogens is 641 g/mol. The molecule has 3 heterocycles. The zero-order chi connectivity index (χ0) is 34.2. The van der Waals surface area contributed by atoms with E-state index in [4.69, 9.17) is 18.2 Å². The second-order valence-electron chi connectivity index (χ2n) is 13.1. The topological polar surface area (TPSA) is 55.6 Å². The van der Waals surface area contributed by atoms with Gasteiger partial charge < -0.3 is 18.2 Å². The van der Waals surface area contributed by atoms with Crippen molar-refractivity contribution in [3.8, 4) is 22.6 Å². The third-order valence-corrected chi connectivity index (χ3v) is 10.1. The monoisotopic (exact) mass is 668 g/mol. The van der Waals surface area contributed by atoms with E-state index >= 15 is 0 Å². The molecule has 5 heteroatoms. The molecule has 0 unspecified atom stereocenters. The van der Waals surface area contributed by atoms with Crippen molar-refractivity contribution in [3.05, 3.63) is 170 Å². The summed E-state index contributed by atoms with van der Waals surface area (Å²) in [5.41, 5.74) is 10.9. The third-order valence-electron chi connectivity index (χ3n) is 10.1. The zero-order valence-corrected chi connectivity index (χ0v) is 27.8. The van der Waals surface area contributed by atoms with Gasteiger partial charge >= 0.3 is 0 Å². The van der Waals surface area contributed by atoms with Crippen LogP contribution < -0.4 is 4.90 Å². The molecule has 0 atom stereocenters.